The monoisotopic (exact) mass is 232 g/mol. The zero-order valence-electron chi connectivity index (χ0n) is 10.9. The van der Waals surface area contributed by atoms with Gasteiger partial charge in [-0.25, -0.2) is 0 Å². The van der Waals surface area contributed by atoms with Gasteiger partial charge in [-0.15, -0.1) is 0 Å². The standard InChI is InChI=1S/C15H20O2/c1-11-5-4-6-13(12(11)2)15-8-7-14(3,9-16-15)10-17-15/h4-6H,7-10H2,1-3H3. The van der Waals surface area contributed by atoms with Crippen molar-refractivity contribution in [3.63, 3.8) is 0 Å². The van der Waals surface area contributed by atoms with E-state index in [1.54, 1.807) is 0 Å². The molecule has 0 aromatic heterocycles. The molecule has 3 heterocycles. The van der Waals surface area contributed by atoms with E-state index < -0.39 is 5.79 Å². The summed E-state index contributed by atoms with van der Waals surface area (Å²) in [5.74, 6) is -0.464. The predicted octanol–water partition coefficient (Wildman–Crippen LogP) is 3.30. The average Bonchev–Trinajstić information content (AvgIpc) is 2.34. The van der Waals surface area contributed by atoms with Gasteiger partial charge in [-0.2, -0.15) is 0 Å². The molecule has 0 unspecified atom stereocenters. The third-order valence-corrected chi connectivity index (χ3v) is 4.38. The molecule has 0 atom stereocenters. The van der Waals surface area contributed by atoms with Crippen molar-refractivity contribution in [2.45, 2.75) is 39.4 Å². The molecule has 0 saturated carbocycles. The average molecular weight is 232 g/mol. The van der Waals surface area contributed by atoms with Crippen molar-refractivity contribution >= 4 is 0 Å². The van der Waals surface area contributed by atoms with E-state index >= 15 is 0 Å². The minimum atomic E-state index is -0.464. The Bertz CT molecular complexity index is 426. The third-order valence-electron chi connectivity index (χ3n) is 4.38. The van der Waals surface area contributed by atoms with Crippen LogP contribution in [0.4, 0.5) is 0 Å². The van der Waals surface area contributed by atoms with Crippen LogP contribution in [0.15, 0.2) is 18.2 Å². The van der Waals surface area contributed by atoms with Gasteiger partial charge in [0, 0.05) is 17.4 Å². The van der Waals surface area contributed by atoms with Gasteiger partial charge in [-0.05, 0) is 31.4 Å². The number of benzene rings is 1. The highest BCUT2D eigenvalue weighted by molar-refractivity contribution is 5.36. The smallest absolute Gasteiger partial charge is 0.195 e. The van der Waals surface area contributed by atoms with Crippen LogP contribution >= 0.6 is 0 Å². The van der Waals surface area contributed by atoms with E-state index in [2.05, 4.69) is 39.0 Å². The summed E-state index contributed by atoms with van der Waals surface area (Å²) < 4.78 is 12.1. The maximum atomic E-state index is 6.07. The van der Waals surface area contributed by atoms with E-state index in [0.717, 1.165) is 19.6 Å². The van der Waals surface area contributed by atoms with Gasteiger partial charge in [0.1, 0.15) is 0 Å². The number of rotatable bonds is 1. The predicted molar refractivity (Wildman–Crippen MR) is 66.8 cm³/mol. The Kier molecular flexibility index (Phi) is 2.36. The van der Waals surface area contributed by atoms with Crippen molar-refractivity contribution in [2.24, 2.45) is 5.41 Å². The summed E-state index contributed by atoms with van der Waals surface area (Å²) in [5.41, 5.74) is 4.07. The fourth-order valence-corrected chi connectivity index (χ4v) is 2.87. The first-order valence-electron chi connectivity index (χ1n) is 6.39. The van der Waals surface area contributed by atoms with E-state index in [1.807, 2.05) is 0 Å². The number of hydrogen-bond acceptors (Lipinski definition) is 2. The SMILES string of the molecule is Cc1cccc(C23CCC(C)(CO2)CO3)c1C. The van der Waals surface area contributed by atoms with E-state index in [4.69, 9.17) is 9.47 Å². The molecule has 2 heteroatoms. The van der Waals surface area contributed by atoms with Crippen LogP contribution in [0.25, 0.3) is 0 Å². The van der Waals surface area contributed by atoms with E-state index in [0.29, 0.717) is 0 Å². The number of fused-ring (bicyclic) bond motifs is 3. The second-order valence-corrected chi connectivity index (χ2v) is 5.89. The van der Waals surface area contributed by atoms with Gasteiger partial charge in [0.25, 0.3) is 0 Å². The van der Waals surface area contributed by atoms with Crippen molar-refractivity contribution < 1.29 is 9.47 Å². The maximum Gasteiger partial charge on any atom is 0.195 e. The highest BCUT2D eigenvalue weighted by Crippen LogP contribution is 2.49. The van der Waals surface area contributed by atoms with Crippen LogP contribution in [0, 0.1) is 19.3 Å². The molecule has 4 rings (SSSR count). The Morgan fingerprint density at radius 3 is 2.35 bits per heavy atom. The summed E-state index contributed by atoms with van der Waals surface area (Å²) >= 11 is 0. The largest absolute Gasteiger partial charge is 0.345 e. The van der Waals surface area contributed by atoms with E-state index in [-0.39, 0.29) is 5.41 Å². The van der Waals surface area contributed by atoms with Crippen LogP contribution in [-0.4, -0.2) is 13.2 Å². The zero-order chi connectivity index (χ0) is 12.1. The van der Waals surface area contributed by atoms with E-state index in [1.165, 1.54) is 23.1 Å². The van der Waals surface area contributed by atoms with Crippen molar-refractivity contribution in [1.82, 2.24) is 0 Å². The zero-order valence-corrected chi connectivity index (χ0v) is 10.9. The highest BCUT2D eigenvalue weighted by Gasteiger charge is 2.50. The van der Waals surface area contributed by atoms with Crippen LogP contribution in [0.2, 0.25) is 0 Å². The lowest BCUT2D eigenvalue weighted by molar-refractivity contribution is -0.347. The molecular weight excluding hydrogens is 212 g/mol. The van der Waals surface area contributed by atoms with Crippen molar-refractivity contribution in [1.29, 1.82) is 0 Å². The maximum absolute atomic E-state index is 6.07. The first-order valence-corrected chi connectivity index (χ1v) is 6.39. The first-order chi connectivity index (χ1) is 8.05. The molecule has 3 aliphatic heterocycles. The van der Waals surface area contributed by atoms with Gasteiger partial charge in [-0.3, -0.25) is 0 Å². The fourth-order valence-electron chi connectivity index (χ4n) is 2.87. The minimum Gasteiger partial charge on any atom is -0.345 e. The normalized spacial score (nSPS) is 36.2. The number of ether oxygens (including phenoxy) is 2. The Morgan fingerprint density at radius 2 is 1.76 bits per heavy atom. The molecule has 1 aromatic rings. The quantitative estimate of drug-likeness (QED) is 0.739. The minimum absolute atomic E-state index is 0.236. The second kappa shape index (κ2) is 3.56. The third kappa shape index (κ3) is 1.62. The van der Waals surface area contributed by atoms with Crippen molar-refractivity contribution in [3.05, 3.63) is 34.9 Å². The molecule has 3 saturated heterocycles. The summed E-state index contributed by atoms with van der Waals surface area (Å²) in [6.45, 7) is 8.19. The van der Waals surface area contributed by atoms with Gasteiger partial charge < -0.3 is 9.47 Å². The summed E-state index contributed by atoms with van der Waals surface area (Å²) in [4.78, 5) is 0. The second-order valence-electron chi connectivity index (χ2n) is 5.89. The summed E-state index contributed by atoms with van der Waals surface area (Å²) in [6, 6.07) is 6.39. The van der Waals surface area contributed by atoms with Crippen LogP contribution < -0.4 is 0 Å². The summed E-state index contributed by atoms with van der Waals surface area (Å²) in [7, 11) is 0. The lowest BCUT2D eigenvalue weighted by atomic mass is 9.77. The molecule has 3 fully saturated rings. The Morgan fingerprint density at radius 1 is 1.06 bits per heavy atom. The van der Waals surface area contributed by atoms with Crippen molar-refractivity contribution in [2.75, 3.05) is 13.2 Å². The molecule has 2 bridgehead atoms. The van der Waals surface area contributed by atoms with Gasteiger partial charge >= 0.3 is 0 Å². The molecule has 0 aliphatic carbocycles. The Balaban J connectivity index is 2.02. The van der Waals surface area contributed by atoms with Crippen molar-refractivity contribution in [3.8, 4) is 0 Å². The molecule has 3 aliphatic rings. The molecular formula is C15H20O2. The first kappa shape index (κ1) is 11.2. The van der Waals surface area contributed by atoms with Crippen LogP contribution in [0.1, 0.15) is 36.5 Å². The topological polar surface area (TPSA) is 18.5 Å². The number of hydrogen-bond donors (Lipinski definition) is 0. The molecule has 0 radical (unpaired) electrons. The highest BCUT2D eigenvalue weighted by atomic mass is 16.7. The Labute approximate surface area is 103 Å². The lowest BCUT2D eigenvalue weighted by Gasteiger charge is -2.51. The molecule has 92 valence electrons. The van der Waals surface area contributed by atoms with Crippen LogP contribution in [0.5, 0.6) is 0 Å². The van der Waals surface area contributed by atoms with Gasteiger partial charge in [0.2, 0.25) is 0 Å². The number of aryl methyl sites for hydroxylation is 1. The van der Waals surface area contributed by atoms with Gasteiger partial charge in [0.05, 0.1) is 13.2 Å². The lowest BCUT2D eigenvalue weighted by Crippen LogP contribution is -2.52. The Hall–Kier alpha value is -0.860. The van der Waals surface area contributed by atoms with Crippen LogP contribution in [0.3, 0.4) is 0 Å². The molecule has 0 N–H and O–H groups in total. The van der Waals surface area contributed by atoms with Crippen LogP contribution in [-0.2, 0) is 15.3 Å². The summed E-state index contributed by atoms with van der Waals surface area (Å²) in [6.07, 6.45) is 2.17. The molecule has 0 spiro atoms. The molecule has 2 nitrogen and oxygen atoms in total. The molecule has 1 aromatic carbocycles. The summed E-state index contributed by atoms with van der Waals surface area (Å²) in [5, 5.41) is 0. The molecule has 0 amide bonds. The fraction of sp³-hybridized carbons (Fsp3) is 0.600. The molecule has 17 heavy (non-hydrogen) atoms. The van der Waals surface area contributed by atoms with Gasteiger partial charge in [-0.1, -0.05) is 25.1 Å². The van der Waals surface area contributed by atoms with Gasteiger partial charge in [0.15, 0.2) is 5.79 Å². The van der Waals surface area contributed by atoms with E-state index in [9.17, 15) is 0 Å².